The van der Waals surface area contributed by atoms with Gasteiger partial charge in [0.05, 0.1) is 0 Å². The first kappa shape index (κ1) is 31.0. The van der Waals surface area contributed by atoms with Crippen LogP contribution in [-0.2, 0) is 16.2 Å². The van der Waals surface area contributed by atoms with Crippen LogP contribution in [0.3, 0.4) is 0 Å². The Balaban J connectivity index is 1.92. The summed E-state index contributed by atoms with van der Waals surface area (Å²) in [6.45, 7) is 19.0. The van der Waals surface area contributed by atoms with Crippen LogP contribution in [0.4, 0.5) is 0 Å². The van der Waals surface area contributed by atoms with E-state index in [1.165, 1.54) is 16.7 Å². The zero-order valence-corrected chi connectivity index (χ0v) is 28.6. The van der Waals surface area contributed by atoms with Gasteiger partial charge in [0.2, 0.25) is 0 Å². The van der Waals surface area contributed by atoms with Crippen LogP contribution in [0.1, 0.15) is 68.6 Å². The molecule has 0 atom stereocenters. The molecule has 0 saturated heterocycles. The summed E-state index contributed by atoms with van der Waals surface area (Å²) in [6, 6.07) is 42.4. The van der Waals surface area contributed by atoms with Gasteiger partial charge in [0.15, 0.2) is 0 Å². The maximum absolute atomic E-state index is 14.4. The van der Waals surface area contributed by atoms with Gasteiger partial charge < -0.3 is 0 Å². The molecule has 0 aromatic heterocycles. The molecular formula is C39H46OSn. The normalized spacial score (nSPS) is 12.6. The Bertz CT molecular complexity index is 1310. The molecule has 0 heterocycles. The van der Waals surface area contributed by atoms with Gasteiger partial charge in [0.25, 0.3) is 0 Å². The van der Waals surface area contributed by atoms with Gasteiger partial charge in [0.1, 0.15) is 0 Å². The van der Waals surface area contributed by atoms with E-state index in [1.54, 1.807) is 0 Å². The fourth-order valence-corrected chi connectivity index (χ4v) is 27.9. The second kappa shape index (κ2) is 12.5. The van der Waals surface area contributed by atoms with E-state index in [2.05, 4.69) is 133 Å². The minimum absolute atomic E-state index is 0.100. The molecule has 0 fully saturated rings. The molecule has 4 rings (SSSR count). The van der Waals surface area contributed by atoms with E-state index < -0.39 is 18.4 Å². The van der Waals surface area contributed by atoms with Crippen LogP contribution in [0.5, 0.6) is 0 Å². The van der Waals surface area contributed by atoms with Crippen LogP contribution in [-0.4, -0.2) is 24.2 Å². The van der Waals surface area contributed by atoms with Gasteiger partial charge in [-0.15, -0.1) is 0 Å². The molecule has 4 aromatic rings. The van der Waals surface area contributed by atoms with Crippen molar-refractivity contribution >= 4 is 24.2 Å². The fourth-order valence-electron chi connectivity index (χ4n) is 7.02. The number of rotatable bonds is 12. The first-order chi connectivity index (χ1) is 19.4. The Morgan fingerprint density at radius 2 is 0.780 bits per heavy atom. The molecule has 0 aliphatic heterocycles. The van der Waals surface area contributed by atoms with Crippen LogP contribution in [0.25, 0.3) is 0 Å². The van der Waals surface area contributed by atoms with E-state index >= 15 is 0 Å². The maximum atomic E-state index is 14.4. The number of benzene rings is 4. The number of carbonyl (C=O) groups is 1. The zero-order chi connectivity index (χ0) is 29.7. The van der Waals surface area contributed by atoms with Crippen molar-refractivity contribution in [1.29, 1.82) is 0 Å². The summed E-state index contributed by atoms with van der Waals surface area (Å²) in [5.74, 6) is 0.137. The molecule has 0 bridgehead atoms. The van der Waals surface area contributed by atoms with Crippen LogP contribution in [0.2, 0.25) is 13.3 Å². The Labute approximate surface area is 252 Å². The van der Waals surface area contributed by atoms with Crippen molar-refractivity contribution < 1.29 is 4.79 Å². The standard InChI is InChI=1S/3C10H13.C9H7O.Sn/c3*1-10(2,3)9-7-5-4-6-8-9;1-2-9(10)8-6-4-3-5-7-8;/h3*4-8H,1H2,2-3H3;3-7H,1H2;. The van der Waals surface area contributed by atoms with E-state index in [0.717, 1.165) is 22.5 Å². The molecule has 1 nitrogen and oxygen atoms in total. The number of Topliss-reactive ketones (excluding diaryl/α,β-unsaturated/α-hetero) is 1. The molecule has 0 spiro atoms. The molecule has 0 aliphatic carbocycles. The summed E-state index contributed by atoms with van der Waals surface area (Å²) in [4.78, 5) is 14.4. The van der Waals surface area contributed by atoms with E-state index in [-0.39, 0.29) is 22.0 Å². The first-order valence-electron chi connectivity index (χ1n) is 14.8. The summed E-state index contributed by atoms with van der Waals surface area (Å²) in [5.41, 5.74) is 4.44. The monoisotopic (exact) mass is 650 g/mol. The third-order valence-electron chi connectivity index (χ3n) is 8.96. The molecule has 0 radical (unpaired) electrons. The van der Waals surface area contributed by atoms with Crippen molar-refractivity contribution in [2.45, 2.75) is 71.1 Å². The predicted molar refractivity (Wildman–Crippen MR) is 178 cm³/mol. The molecule has 212 valence electrons. The van der Waals surface area contributed by atoms with Crippen LogP contribution in [0, 0.1) is 0 Å². The van der Waals surface area contributed by atoms with Crippen molar-refractivity contribution in [1.82, 2.24) is 0 Å². The molecule has 0 saturated carbocycles. The van der Waals surface area contributed by atoms with E-state index in [4.69, 9.17) is 6.58 Å². The number of ketones is 1. The van der Waals surface area contributed by atoms with Crippen molar-refractivity contribution in [3.05, 3.63) is 154 Å². The second-order valence-electron chi connectivity index (χ2n) is 13.7. The third kappa shape index (κ3) is 7.30. The van der Waals surface area contributed by atoms with Crippen LogP contribution in [0.15, 0.2) is 131 Å². The average Bonchev–Trinajstić information content (AvgIpc) is 2.97. The van der Waals surface area contributed by atoms with Gasteiger partial charge in [-0.2, -0.15) is 0 Å². The summed E-state index contributed by atoms with van der Waals surface area (Å²) in [7, 11) is 0. The van der Waals surface area contributed by atoms with Crippen molar-refractivity contribution in [2.24, 2.45) is 0 Å². The molecular weight excluding hydrogens is 603 g/mol. The summed E-state index contributed by atoms with van der Waals surface area (Å²) in [5, 5.41) is 0. The molecule has 4 aromatic carbocycles. The fraction of sp³-hybridized carbons (Fsp3) is 0.308. The first-order valence-corrected chi connectivity index (χ1v) is 22.3. The minimum atomic E-state index is -3.74. The number of hydrogen-bond acceptors (Lipinski definition) is 1. The van der Waals surface area contributed by atoms with Gasteiger partial charge in [-0.25, -0.2) is 0 Å². The number of hydrogen-bond donors (Lipinski definition) is 0. The molecule has 41 heavy (non-hydrogen) atoms. The summed E-state index contributed by atoms with van der Waals surface area (Å²) in [6.07, 6.45) is 0. The molecule has 0 N–H and O–H groups in total. The molecule has 0 amide bonds. The van der Waals surface area contributed by atoms with Gasteiger partial charge in [-0.1, -0.05) is 0 Å². The Kier molecular flexibility index (Phi) is 9.48. The van der Waals surface area contributed by atoms with E-state index in [9.17, 15) is 4.79 Å². The van der Waals surface area contributed by atoms with Gasteiger partial charge in [-0.05, 0) is 0 Å². The SMILES string of the molecule is C=[C](C(=O)c1ccccc1)[Sn]([CH2]C(C)(C)c1ccccc1)([CH2]C(C)(C)c1ccccc1)[CH2]C(C)(C)c1ccccc1. The predicted octanol–water partition coefficient (Wildman–Crippen LogP) is 10.3. The molecule has 0 aliphatic rings. The second-order valence-corrected chi connectivity index (χ2v) is 25.8. The average molecular weight is 650 g/mol. The number of allylic oxidation sites excluding steroid dienone is 1. The Morgan fingerprint density at radius 3 is 1.07 bits per heavy atom. The van der Waals surface area contributed by atoms with Gasteiger partial charge in [-0.3, -0.25) is 0 Å². The molecule has 2 heteroatoms. The quantitative estimate of drug-likeness (QED) is 0.0848. The zero-order valence-electron chi connectivity index (χ0n) is 25.8. The third-order valence-corrected chi connectivity index (χ3v) is 26.6. The van der Waals surface area contributed by atoms with Gasteiger partial charge >= 0.3 is 254 Å². The van der Waals surface area contributed by atoms with Gasteiger partial charge in [0, 0.05) is 0 Å². The Morgan fingerprint density at radius 1 is 0.512 bits per heavy atom. The van der Waals surface area contributed by atoms with E-state index in [0.29, 0.717) is 0 Å². The van der Waals surface area contributed by atoms with Crippen molar-refractivity contribution in [2.75, 3.05) is 0 Å². The summed E-state index contributed by atoms with van der Waals surface area (Å²) < 4.78 is 3.95. The van der Waals surface area contributed by atoms with E-state index in [1.807, 2.05) is 30.3 Å². The van der Waals surface area contributed by atoms with Crippen molar-refractivity contribution in [3.63, 3.8) is 0 Å². The van der Waals surface area contributed by atoms with Crippen LogP contribution < -0.4 is 0 Å². The summed E-state index contributed by atoms with van der Waals surface area (Å²) >= 11 is -3.74. The van der Waals surface area contributed by atoms with Crippen molar-refractivity contribution in [3.8, 4) is 0 Å². The number of carbonyl (C=O) groups excluding carboxylic acids is 1. The topological polar surface area (TPSA) is 17.1 Å². The van der Waals surface area contributed by atoms with Crippen LogP contribution >= 0.6 is 0 Å². The Hall–Kier alpha value is -2.91. The molecule has 0 unspecified atom stereocenters.